The number of ether oxygens (including phenoxy) is 1. The van der Waals surface area contributed by atoms with Gasteiger partial charge in [0.15, 0.2) is 5.60 Å². The number of halogens is 1. The lowest BCUT2D eigenvalue weighted by Crippen LogP contribution is -2.36. The van der Waals surface area contributed by atoms with Crippen LogP contribution in [-0.4, -0.2) is 6.09 Å². The van der Waals surface area contributed by atoms with Gasteiger partial charge in [-0.2, -0.15) is 0 Å². The van der Waals surface area contributed by atoms with E-state index in [9.17, 15) is 4.79 Å². The Labute approximate surface area is 134 Å². The number of hydrogen-bond acceptors (Lipinski definition) is 2. The summed E-state index contributed by atoms with van der Waals surface area (Å²) in [6.07, 6.45) is -0.492. The van der Waals surface area contributed by atoms with E-state index in [4.69, 9.17) is 16.3 Å². The third-order valence-electron chi connectivity index (χ3n) is 3.59. The van der Waals surface area contributed by atoms with Gasteiger partial charge in [0.25, 0.3) is 0 Å². The number of benzene rings is 2. The molecule has 3 nitrogen and oxygen atoms in total. The predicted octanol–water partition coefficient (Wildman–Crippen LogP) is 4.81. The summed E-state index contributed by atoms with van der Waals surface area (Å²) in [7, 11) is 0. The number of fused-ring (bicyclic) bond motifs is 1. The third kappa shape index (κ3) is 2.54. The van der Waals surface area contributed by atoms with Crippen LogP contribution in [0.25, 0.3) is 11.1 Å². The fourth-order valence-corrected chi connectivity index (χ4v) is 2.79. The van der Waals surface area contributed by atoms with Gasteiger partial charge in [-0.1, -0.05) is 35.7 Å². The molecular formula is C18H14ClNO2. The summed E-state index contributed by atoms with van der Waals surface area (Å²) in [6.45, 7) is 3.52. The Balaban J connectivity index is 2.16. The molecule has 22 heavy (non-hydrogen) atoms. The Morgan fingerprint density at radius 3 is 2.68 bits per heavy atom. The van der Waals surface area contributed by atoms with E-state index in [-0.39, 0.29) is 0 Å². The topological polar surface area (TPSA) is 38.3 Å². The van der Waals surface area contributed by atoms with Crippen LogP contribution in [0.4, 0.5) is 10.5 Å². The first-order chi connectivity index (χ1) is 10.5. The van der Waals surface area contributed by atoms with E-state index in [0.717, 1.165) is 16.7 Å². The molecule has 0 aliphatic carbocycles. The number of carbonyl (C=O) groups excluding carboxylic acids is 1. The van der Waals surface area contributed by atoms with Gasteiger partial charge in [-0.15, -0.1) is 5.92 Å². The van der Waals surface area contributed by atoms with Gasteiger partial charge in [-0.25, -0.2) is 4.79 Å². The highest BCUT2D eigenvalue weighted by molar-refractivity contribution is 6.30. The first-order valence-corrected chi connectivity index (χ1v) is 7.24. The van der Waals surface area contributed by atoms with E-state index >= 15 is 0 Å². The molecule has 1 atom stereocenters. The normalized spacial score (nSPS) is 19.3. The van der Waals surface area contributed by atoms with Gasteiger partial charge in [-0.05, 0) is 49.2 Å². The van der Waals surface area contributed by atoms with Crippen molar-refractivity contribution in [3.63, 3.8) is 0 Å². The predicted molar refractivity (Wildman–Crippen MR) is 87.8 cm³/mol. The zero-order valence-electron chi connectivity index (χ0n) is 12.2. The van der Waals surface area contributed by atoms with Crippen LogP contribution in [0.5, 0.6) is 0 Å². The van der Waals surface area contributed by atoms with Gasteiger partial charge in [-0.3, -0.25) is 5.32 Å². The van der Waals surface area contributed by atoms with Gasteiger partial charge >= 0.3 is 6.09 Å². The molecule has 1 unspecified atom stereocenters. The fourth-order valence-electron chi connectivity index (χ4n) is 2.60. The van der Waals surface area contributed by atoms with Gasteiger partial charge in [0.05, 0.1) is 5.69 Å². The lowest BCUT2D eigenvalue weighted by atomic mass is 9.90. The molecule has 2 aromatic rings. The highest BCUT2D eigenvalue weighted by atomic mass is 35.5. The second kappa shape index (κ2) is 5.40. The molecule has 0 spiro atoms. The minimum absolute atomic E-state index is 0.492. The van der Waals surface area contributed by atoms with E-state index in [1.807, 2.05) is 42.5 Å². The largest absolute Gasteiger partial charge is 0.425 e. The fraction of sp³-hybridized carbons (Fsp3) is 0.167. The van der Waals surface area contributed by atoms with Crippen LogP contribution in [0, 0.1) is 11.8 Å². The molecule has 0 bridgehead atoms. The molecule has 1 aliphatic rings. The van der Waals surface area contributed by atoms with Crippen molar-refractivity contribution in [1.29, 1.82) is 0 Å². The number of hydrogen-bond donors (Lipinski definition) is 1. The van der Waals surface area contributed by atoms with E-state index in [1.165, 1.54) is 0 Å². The van der Waals surface area contributed by atoms with Crippen LogP contribution < -0.4 is 5.32 Å². The van der Waals surface area contributed by atoms with Gasteiger partial charge in [0.2, 0.25) is 0 Å². The maximum Gasteiger partial charge on any atom is 0.413 e. The molecule has 1 heterocycles. The number of nitrogens with one attached hydrogen (secondary N) is 1. The molecule has 0 radical (unpaired) electrons. The summed E-state index contributed by atoms with van der Waals surface area (Å²) in [4.78, 5) is 11.7. The Bertz CT molecular complexity index is 819. The summed E-state index contributed by atoms with van der Waals surface area (Å²) in [6, 6.07) is 13.4. The number of carbonyl (C=O) groups is 1. The zero-order chi connectivity index (χ0) is 15.7. The average molecular weight is 312 g/mol. The van der Waals surface area contributed by atoms with Crippen molar-refractivity contribution in [2.45, 2.75) is 19.4 Å². The highest BCUT2D eigenvalue weighted by Crippen LogP contribution is 2.38. The van der Waals surface area contributed by atoms with Crippen molar-refractivity contribution in [3.05, 3.63) is 53.1 Å². The first kappa shape index (κ1) is 14.5. The Morgan fingerprint density at radius 1 is 1.18 bits per heavy atom. The second-order valence-electron chi connectivity index (χ2n) is 5.19. The maximum atomic E-state index is 11.7. The molecule has 2 aromatic carbocycles. The second-order valence-corrected chi connectivity index (χ2v) is 5.63. The maximum absolute atomic E-state index is 11.7. The van der Waals surface area contributed by atoms with Crippen LogP contribution in [0.15, 0.2) is 42.5 Å². The van der Waals surface area contributed by atoms with Gasteiger partial charge < -0.3 is 4.74 Å². The lowest BCUT2D eigenvalue weighted by Gasteiger charge is -2.31. The van der Waals surface area contributed by atoms with Crippen molar-refractivity contribution >= 4 is 23.4 Å². The van der Waals surface area contributed by atoms with Crippen LogP contribution in [0.1, 0.15) is 19.4 Å². The lowest BCUT2D eigenvalue weighted by molar-refractivity contribution is 0.0715. The monoisotopic (exact) mass is 311 g/mol. The third-order valence-corrected chi connectivity index (χ3v) is 3.82. The molecule has 3 rings (SSSR count). The van der Waals surface area contributed by atoms with Crippen LogP contribution >= 0.6 is 11.6 Å². The quantitative estimate of drug-likeness (QED) is 0.768. The standard InChI is InChI=1S/C18H14ClNO2/c1-3-9-18(2)15-11-13(12-5-4-6-14(19)10-12)7-8-16(15)20-17(21)22-18/h4-8,10-11H,1-2H3,(H,20,21). The van der Waals surface area contributed by atoms with Crippen LogP contribution in [0.2, 0.25) is 5.02 Å². The summed E-state index contributed by atoms with van der Waals surface area (Å²) in [5.41, 5.74) is 2.58. The summed E-state index contributed by atoms with van der Waals surface area (Å²) in [5.74, 6) is 5.81. The first-order valence-electron chi connectivity index (χ1n) is 6.86. The Morgan fingerprint density at radius 2 is 1.95 bits per heavy atom. The summed E-state index contributed by atoms with van der Waals surface area (Å²) < 4.78 is 5.41. The number of anilines is 1. The smallest absolute Gasteiger partial charge is 0.413 e. The molecule has 1 aliphatic heterocycles. The van der Waals surface area contributed by atoms with E-state index in [2.05, 4.69) is 17.2 Å². The van der Waals surface area contributed by atoms with E-state index in [1.54, 1.807) is 13.8 Å². The number of amides is 1. The zero-order valence-corrected chi connectivity index (χ0v) is 13.0. The van der Waals surface area contributed by atoms with Crippen molar-refractivity contribution in [2.24, 2.45) is 0 Å². The van der Waals surface area contributed by atoms with Crippen molar-refractivity contribution in [3.8, 4) is 23.0 Å². The molecule has 0 aromatic heterocycles. The highest BCUT2D eigenvalue weighted by Gasteiger charge is 2.36. The van der Waals surface area contributed by atoms with Crippen molar-refractivity contribution < 1.29 is 9.53 Å². The minimum atomic E-state index is -0.957. The summed E-state index contributed by atoms with van der Waals surface area (Å²) in [5, 5.41) is 3.39. The van der Waals surface area contributed by atoms with Gasteiger partial charge in [0, 0.05) is 10.6 Å². The number of rotatable bonds is 1. The SMILES string of the molecule is CC#CC1(C)OC(=O)Nc2ccc(-c3cccc(Cl)c3)cc21. The Kier molecular flexibility index (Phi) is 3.56. The Hall–Kier alpha value is -2.44. The van der Waals surface area contributed by atoms with E-state index < -0.39 is 11.7 Å². The van der Waals surface area contributed by atoms with Crippen LogP contribution in [-0.2, 0) is 10.3 Å². The van der Waals surface area contributed by atoms with Gasteiger partial charge in [0.1, 0.15) is 0 Å². The average Bonchev–Trinajstić information content (AvgIpc) is 2.47. The summed E-state index contributed by atoms with van der Waals surface area (Å²) >= 11 is 6.06. The van der Waals surface area contributed by atoms with Crippen molar-refractivity contribution in [1.82, 2.24) is 0 Å². The molecule has 1 amide bonds. The molecule has 4 heteroatoms. The molecule has 1 N–H and O–H groups in total. The van der Waals surface area contributed by atoms with Crippen LogP contribution in [0.3, 0.4) is 0 Å². The molecular weight excluding hydrogens is 298 g/mol. The molecule has 110 valence electrons. The number of cyclic esters (lactones) is 1. The molecule has 0 fully saturated rings. The van der Waals surface area contributed by atoms with E-state index in [0.29, 0.717) is 10.7 Å². The minimum Gasteiger partial charge on any atom is -0.425 e. The molecule has 0 saturated carbocycles. The molecule has 0 saturated heterocycles. The van der Waals surface area contributed by atoms with Crippen molar-refractivity contribution in [2.75, 3.05) is 5.32 Å².